The van der Waals surface area contributed by atoms with E-state index in [2.05, 4.69) is 29.7 Å². The molecule has 1 saturated heterocycles. The molecule has 0 unspecified atom stereocenters. The molecule has 7 nitrogen and oxygen atoms in total. The highest BCUT2D eigenvalue weighted by Crippen LogP contribution is 2.15. The van der Waals surface area contributed by atoms with Gasteiger partial charge in [0.2, 0.25) is 11.8 Å². The van der Waals surface area contributed by atoms with Crippen molar-refractivity contribution in [2.75, 3.05) is 38.2 Å². The fourth-order valence-electron chi connectivity index (χ4n) is 2.35. The van der Waals surface area contributed by atoms with Crippen LogP contribution in [0.4, 0.5) is 5.95 Å². The standard InChI is InChI=1S/C14H18N6O/c1-21-13-2-3-17-14(18-13)20-8-6-19(7-9-20)11-12-10-15-4-5-16-12/h2-5,10H,6-9,11H2,1H3. The molecule has 0 spiro atoms. The number of methoxy groups -OCH3 is 1. The molecule has 0 radical (unpaired) electrons. The van der Waals surface area contributed by atoms with E-state index in [-0.39, 0.29) is 0 Å². The van der Waals surface area contributed by atoms with Gasteiger partial charge in [-0.15, -0.1) is 0 Å². The third-order valence-corrected chi connectivity index (χ3v) is 3.48. The average Bonchev–Trinajstić information content (AvgIpc) is 2.56. The van der Waals surface area contributed by atoms with E-state index >= 15 is 0 Å². The van der Waals surface area contributed by atoms with Gasteiger partial charge < -0.3 is 9.64 Å². The zero-order chi connectivity index (χ0) is 14.5. The summed E-state index contributed by atoms with van der Waals surface area (Å²) in [5.41, 5.74) is 1.00. The van der Waals surface area contributed by atoms with Crippen molar-refractivity contribution >= 4 is 5.95 Å². The summed E-state index contributed by atoms with van der Waals surface area (Å²) in [6.07, 6.45) is 6.97. The summed E-state index contributed by atoms with van der Waals surface area (Å²) < 4.78 is 5.14. The highest BCUT2D eigenvalue weighted by Gasteiger charge is 2.19. The van der Waals surface area contributed by atoms with Crippen LogP contribution in [0, 0.1) is 0 Å². The Morgan fingerprint density at radius 3 is 2.67 bits per heavy atom. The van der Waals surface area contributed by atoms with Crippen molar-refractivity contribution in [1.82, 2.24) is 24.8 Å². The van der Waals surface area contributed by atoms with Gasteiger partial charge in [0.25, 0.3) is 0 Å². The Bertz CT molecular complexity index is 571. The van der Waals surface area contributed by atoms with E-state index in [0.717, 1.165) is 44.4 Å². The zero-order valence-electron chi connectivity index (χ0n) is 12.0. The lowest BCUT2D eigenvalue weighted by Gasteiger charge is -2.34. The number of hydrogen-bond acceptors (Lipinski definition) is 7. The molecule has 2 aromatic heterocycles. The third-order valence-electron chi connectivity index (χ3n) is 3.48. The van der Waals surface area contributed by atoms with Crippen molar-refractivity contribution in [2.24, 2.45) is 0 Å². The molecule has 0 atom stereocenters. The van der Waals surface area contributed by atoms with Gasteiger partial charge in [-0.05, 0) is 0 Å². The van der Waals surface area contributed by atoms with E-state index in [0.29, 0.717) is 5.88 Å². The Labute approximate surface area is 123 Å². The Morgan fingerprint density at radius 2 is 1.95 bits per heavy atom. The molecule has 3 heterocycles. The van der Waals surface area contributed by atoms with Crippen LogP contribution in [0.3, 0.4) is 0 Å². The number of rotatable bonds is 4. The summed E-state index contributed by atoms with van der Waals surface area (Å²) in [6.45, 7) is 4.54. The van der Waals surface area contributed by atoms with Crippen LogP contribution in [0.15, 0.2) is 30.9 Å². The normalized spacial score (nSPS) is 16.0. The lowest BCUT2D eigenvalue weighted by molar-refractivity contribution is 0.245. The van der Waals surface area contributed by atoms with Crippen LogP contribution in [0.25, 0.3) is 0 Å². The first kappa shape index (κ1) is 13.7. The molecule has 0 bridgehead atoms. The summed E-state index contributed by atoms with van der Waals surface area (Å²) in [5.74, 6) is 1.33. The van der Waals surface area contributed by atoms with Gasteiger partial charge in [-0.25, -0.2) is 4.98 Å². The van der Waals surface area contributed by atoms with Gasteiger partial charge in [-0.3, -0.25) is 14.9 Å². The summed E-state index contributed by atoms with van der Waals surface area (Å²) in [4.78, 5) is 21.6. The highest BCUT2D eigenvalue weighted by atomic mass is 16.5. The third kappa shape index (κ3) is 3.43. The van der Waals surface area contributed by atoms with Gasteiger partial charge in [-0.2, -0.15) is 4.98 Å². The number of anilines is 1. The molecule has 110 valence electrons. The summed E-state index contributed by atoms with van der Waals surface area (Å²) in [6, 6.07) is 1.76. The lowest BCUT2D eigenvalue weighted by atomic mass is 10.3. The van der Waals surface area contributed by atoms with Crippen molar-refractivity contribution in [3.8, 4) is 5.88 Å². The minimum absolute atomic E-state index is 0.599. The van der Waals surface area contributed by atoms with Gasteiger partial charge in [-0.1, -0.05) is 0 Å². The fourth-order valence-corrected chi connectivity index (χ4v) is 2.35. The first-order chi connectivity index (χ1) is 10.3. The molecular weight excluding hydrogens is 268 g/mol. The van der Waals surface area contributed by atoms with Crippen molar-refractivity contribution in [1.29, 1.82) is 0 Å². The second-order valence-electron chi connectivity index (χ2n) is 4.86. The topological polar surface area (TPSA) is 67.3 Å². The van der Waals surface area contributed by atoms with Gasteiger partial charge in [0, 0.05) is 63.6 Å². The second kappa shape index (κ2) is 6.45. The molecule has 1 fully saturated rings. The number of nitrogens with zero attached hydrogens (tertiary/aromatic N) is 6. The van der Waals surface area contributed by atoms with Gasteiger partial charge >= 0.3 is 0 Å². The van der Waals surface area contributed by atoms with E-state index in [1.165, 1.54) is 0 Å². The first-order valence-corrected chi connectivity index (χ1v) is 6.94. The smallest absolute Gasteiger partial charge is 0.228 e. The predicted molar refractivity (Wildman–Crippen MR) is 78.1 cm³/mol. The summed E-state index contributed by atoms with van der Waals surface area (Å²) >= 11 is 0. The van der Waals surface area contributed by atoms with Crippen molar-refractivity contribution in [3.05, 3.63) is 36.5 Å². The van der Waals surface area contributed by atoms with E-state index < -0.39 is 0 Å². The molecular formula is C14H18N6O. The molecule has 1 aliphatic heterocycles. The quantitative estimate of drug-likeness (QED) is 0.815. The molecule has 0 amide bonds. The number of ether oxygens (including phenoxy) is 1. The van der Waals surface area contributed by atoms with E-state index in [1.54, 1.807) is 31.8 Å². The molecule has 0 aliphatic carbocycles. The number of aromatic nitrogens is 4. The minimum Gasteiger partial charge on any atom is -0.481 e. The monoisotopic (exact) mass is 286 g/mol. The lowest BCUT2D eigenvalue weighted by Crippen LogP contribution is -2.46. The second-order valence-corrected chi connectivity index (χ2v) is 4.86. The number of piperazine rings is 1. The maximum absolute atomic E-state index is 5.14. The molecule has 1 aliphatic rings. The number of hydrogen-bond donors (Lipinski definition) is 0. The maximum Gasteiger partial charge on any atom is 0.228 e. The van der Waals surface area contributed by atoms with E-state index in [9.17, 15) is 0 Å². The Hall–Kier alpha value is -2.28. The van der Waals surface area contributed by atoms with Crippen molar-refractivity contribution < 1.29 is 4.74 Å². The van der Waals surface area contributed by atoms with Crippen LogP contribution in [-0.2, 0) is 6.54 Å². The molecule has 0 N–H and O–H groups in total. The SMILES string of the molecule is COc1ccnc(N2CCN(Cc3cnccn3)CC2)n1. The van der Waals surface area contributed by atoms with Crippen LogP contribution in [0.1, 0.15) is 5.69 Å². The average molecular weight is 286 g/mol. The van der Waals surface area contributed by atoms with Crippen LogP contribution < -0.4 is 9.64 Å². The van der Waals surface area contributed by atoms with Crippen LogP contribution in [0.2, 0.25) is 0 Å². The summed E-state index contributed by atoms with van der Waals surface area (Å²) in [5, 5.41) is 0. The van der Waals surface area contributed by atoms with E-state index in [1.807, 2.05) is 6.20 Å². The largest absolute Gasteiger partial charge is 0.481 e. The first-order valence-electron chi connectivity index (χ1n) is 6.94. The van der Waals surface area contributed by atoms with Gasteiger partial charge in [0.1, 0.15) is 0 Å². The molecule has 2 aromatic rings. The van der Waals surface area contributed by atoms with Crippen LogP contribution >= 0.6 is 0 Å². The van der Waals surface area contributed by atoms with Crippen molar-refractivity contribution in [3.63, 3.8) is 0 Å². The van der Waals surface area contributed by atoms with Gasteiger partial charge in [0.15, 0.2) is 0 Å². The molecule has 0 saturated carbocycles. The Kier molecular flexibility index (Phi) is 4.20. The summed E-state index contributed by atoms with van der Waals surface area (Å²) in [7, 11) is 1.62. The Balaban J connectivity index is 1.57. The molecule has 0 aromatic carbocycles. The zero-order valence-corrected chi connectivity index (χ0v) is 12.0. The minimum atomic E-state index is 0.599. The van der Waals surface area contributed by atoms with Crippen LogP contribution in [0.5, 0.6) is 5.88 Å². The van der Waals surface area contributed by atoms with Crippen molar-refractivity contribution in [2.45, 2.75) is 6.54 Å². The molecule has 7 heteroatoms. The molecule has 21 heavy (non-hydrogen) atoms. The van der Waals surface area contributed by atoms with Crippen LogP contribution in [-0.4, -0.2) is 58.1 Å². The Morgan fingerprint density at radius 1 is 1.10 bits per heavy atom. The highest BCUT2D eigenvalue weighted by molar-refractivity contribution is 5.32. The van der Waals surface area contributed by atoms with E-state index in [4.69, 9.17) is 4.74 Å². The predicted octanol–water partition coefficient (Wildman–Crippen LogP) is 0.597. The van der Waals surface area contributed by atoms with Gasteiger partial charge in [0.05, 0.1) is 12.8 Å². The fraction of sp³-hybridized carbons (Fsp3) is 0.429. The maximum atomic E-state index is 5.14. The molecule has 3 rings (SSSR count).